The van der Waals surface area contributed by atoms with E-state index in [9.17, 15) is 13.2 Å². The average Bonchev–Trinajstić information content (AvgIpc) is 3.45. The van der Waals surface area contributed by atoms with Crippen molar-refractivity contribution in [2.45, 2.75) is 36.6 Å². The summed E-state index contributed by atoms with van der Waals surface area (Å²) in [5, 5.41) is 2.77. The van der Waals surface area contributed by atoms with Crippen LogP contribution in [0.2, 0.25) is 0 Å². The quantitative estimate of drug-likeness (QED) is 0.600. The van der Waals surface area contributed by atoms with E-state index >= 15 is 0 Å². The number of amides is 1. The number of hydrogen-bond donors (Lipinski definition) is 3. The van der Waals surface area contributed by atoms with Crippen LogP contribution >= 0.6 is 0 Å². The lowest BCUT2D eigenvalue weighted by Crippen LogP contribution is -2.25. The maximum Gasteiger partial charge on any atom is 0.240 e. The number of nitrogens with two attached hydrogens (primary N) is 1. The number of ether oxygens (including phenoxy) is 1. The van der Waals surface area contributed by atoms with Crippen molar-refractivity contribution in [2.24, 2.45) is 0 Å². The van der Waals surface area contributed by atoms with Gasteiger partial charge in [0.05, 0.1) is 23.4 Å². The first-order valence-electron chi connectivity index (χ1n) is 8.72. The van der Waals surface area contributed by atoms with Crippen LogP contribution in [0.3, 0.4) is 0 Å². The van der Waals surface area contributed by atoms with Crippen molar-refractivity contribution in [1.29, 1.82) is 0 Å². The molecule has 144 valence electrons. The molecule has 1 saturated carbocycles. The van der Waals surface area contributed by atoms with Gasteiger partial charge in [0.15, 0.2) is 0 Å². The molecule has 0 aliphatic heterocycles. The Hall–Kier alpha value is -2.58. The first kappa shape index (κ1) is 19.2. The van der Waals surface area contributed by atoms with Gasteiger partial charge in [0.1, 0.15) is 5.75 Å². The second-order valence-electron chi connectivity index (χ2n) is 6.54. The van der Waals surface area contributed by atoms with Crippen LogP contribution in [0, 0.1) is 0 Å². The summed E-state index contributed by atoms with van der Waals surface area (Å²) < 4.78 is 32.1. The van der Waals surface area contributed by atoms with Crippen LogP contribution in [-0.2, 0) is 21.2 Å². The lowest BCUT2D eigenvalue weighted by atomic mass is 10.1. The molecule has 2 aromatic carbocycles. The lowest BCUT2D eigenvalue weighted by molar-refractivity contribution is -0.116. The fourth-order valence-electron chi connectivity index (χ4n) is 2.57. The SMILES string of the molecule is COc1ccc(N)c(NC(=O)CCc2ccc(S(=O)(=O)NC3CC3)cc2)c1. The number of nitrogen functional groups attached to an aromatic ring is 1. The van der Waals surface area contributed by atoms with E-state index in [0.29, 0.717) is 23.5 Å². The molecule has 1 fully saturated rings. The minimum atomic E-state index is -3.45. The van der Waals surface area contributed by atoms with Gasteiger partial charge in [-0.25, -0.2) is 13.1 Å². The third-order valence-corrected chi connectivity index (χ3v) is 5.84. The molecule has 0 bridgehead atoms. The standard InChI is InChI=1S/C19H23N3O4S/c1-26-15-7-10-17(20)18(12-15)21-19(23)11-4-13-2-8-16(9-3-13)27(24,25)22-14-5-6-14/h2-3,7-10,12,14,22H,4-6,11,20H2,1H3,(H,21,23). The van der Waals surface area contributed by atoms with Crippen molar-refractivity contribution in [3.63, 3.8) is 0 Å². The number of carbonyl (C=O) groups is 1. The van der Waals surface area contributed by atoms with Crippen molar-refractivity contribution in [1.82, 2.24) is 4.72 Å². The maximum absolute atomic E-state index is 12.2. The monoisotopic (exact) mass is 389 g/mol. The number of sulfonamides is 1. The van der Waals surface area contributed by atoms with Crippen LogP contribution in [0.1, 0.15) is 24.8 Å². The Labute approximate surface area is 159 Å². The summed E-state index contributed by atoms with van der Waals surface area (Å²) in [6.07, 6.45) is 2.53. The fourth-order valence-corrected chi connectivity index (χ4v) is 3.87. The number of methoxy groups -OCH3 is 1. The summed E-state index contributed by atoms with van der Waals surface area (Å²) in [6, 6.07) is 11.7. The molecular weight excluding hydrogens is 366 g/mol. The molecule has 1 aliphatic rings. The summed E-state index contributed by atoms with van der Waals surface area (Å²) in [4.78, 5) is 12.4. The molecule has 0 aromatic heterocycles. The van der Waals surface area contributed by atoms with Gasteiger partial charge in [0.25, 0.3) is 0 Å². The Morgan fingerprint density at radius 1 is 1.19 bits per heavy atom. The fraction of sp³-hybridized carbons (Fsp3) is 0.316. The van der Waals surface area contributed by atoms with E-state index in [4.69, 9.17) is 10.5 Å². The smallest absolute Gasteiger partial charge is 0.240 e. The van der Waals surface area contributed by atoms with Crippen LogP contribution in [0.15, 0.2) is 47.4 Å². The third-order valence-electron chi connectivity index (χ3n) is 4.31. The summed E-state index contributed by atoms with van der Waals surface area (Å²) in [5.41, 5.74) is 7.71. The minimum absolute atomic E-state index is 0.0717. The molecule has 0 atom stereocenters. The van der Waals surface area contributed by atoms with Crippen molar-refractivity contribution in [3.05, 3.63) is 48.0 Å². The number of aryl methyl sites for hydroxylation is 1. The zero-order chi connectivity index (χ0) is 19.4. The molecule has 0 radical (unpaired) electrons. The molecular formula is C19H23N3O4S. The topological polar surface area (TPSA) is 111 Å². The molecule has 0 saturated heterocycles. The van der Waals surface area contributed by atoms with Crippen LogP contribution in [0.25, 0.3) is 0 Å². The Kier molecular flexibility index (Phi) is 5.67. The second-order valence-corrected chi connectivity index (χ2v) is 8.25. The predicted octanol–water partition coefficient (Wildman–Crippen LogP) is 2.29. The number of benzene rings is 2. The zero-order valence-corrected chi connectivity index (χ0v) is 15.9. The van der Waals surface area contributed by atoms with E-state index in [1.54, 1.807) is 49.6 Å². The molecule has 1 aliphatic carbocycles. The summed E-state index contributed by atoms with van der Waals surface area (Å²) in [5.74, 6) is 0.429. The molecule has 1 amide bonds. The van der Waals surface area contributed by atoms with E-state index in [0.717, 1.165) is 18.4 Å². The Bertz CT molecular complexity index is 922. The number of nitrogens with one attached hydrogen (secondary N) is 2. The van der Waals surface area contributed by atoms with Crippen LogP contribution in [0.5, 0.6) is 5.75 Å². The lowest BCUT2D eigenvalue weighted by Gasteiger charge is -2.10. The van der Waals surface area contributed by atoms with Crippen LogP contribution < -0.4 is 20.5 Å². The molecule has 8 heteroatoms. The van der Waals surface area contributed by atoms with Crippen LogP contribution in [0.4, 0.5) is 11.4 Å². The van der Waals surface area contributed by atoms with Gasteiger partial charge in [0, 0.05) is 18.5 Å². The third kappa shape index (κ3) is 5.21. The highest BCUT2D eigenvalue weighted by Gasteiger charge is 2.27. The van der Waals surface area contributed by atoms with Gasteiger partial charge in [-0.05, 0) is 49.1 Å². The number of hydrogen-bond acceptors (Lipinski definition) is 5. The number of rotatable bonds is 8. The highest BCUT2D eigenvalue weighted by molar-refractivity contribution is 7.89. The molecule has 0 heterocycles. The van der Waals surface area contributed by atoms with Crippen LogP contribution in [-0.4, -0.2) is 27.5 Å². The summed E-state index contributed by atoms with van der Waals surface area (Å²) in [7, 11) is -1.91. The van der Waals surface area contributed by atoms with E-state index in [2.05, 4.69) is 10.0 Å². The molecule has 4 N–H and O–H groups in total. The van der Waals surface area contributed by atoms with E-state index in [-0.39, 0.29) is 23.3 Å². The Morgan fingerprint density at radius 2 is 1.89 bits per heavy atom. The largest absolute Gasteiger partial charge is 0.497 e. The normalized spacial score (nSPS) is 14.0. The van der Waals surface area contributed by atoms with Gasteiger partial charge < -0.3 is 15.8 Å². The summed E-state index contributed by atoms with van der Waals surface area (Å²) >= 11 is 0. The predicted molar refractivity (Wildman–Crippen MR) is 104 cm³/mol. The van der Waals surface area contributed by atoms with Crippen molar-refractivity contribution < 1.29 is 17.9 Å². The molecule has 27 heavy (non-hydrogen) atoms. The van der Waals surface area contributed by atoms with E-state index in [1.165, 1.54) is 0 Å². The molecule has 0 spiro atoms. The number of anilines is 2. The van der Waals surface area contributed by atoms with E-state index in [1.807, 2.05) is 0 Å². The van der Waals surface area contributed by atoms with Gasteiger partial charge in [-0.3, -0.25) is 4.79 Å². The highest BCUT2D eigenvalue weighted by atomic mass is 32.2. The molecule has 7 nitrogen and oxygen atoms in total. The highest BCUT2D eigenvalue weighted by Crippen LogP contribution is 2.25. The zero-order valence-electron chi connectivity index (χ0n) is 15.1. The number of carbonyl (C=O) groups excluding carboxylic acids is 1. The van der Waals surface area contributed by atoms with Crippen molar-refractivity contribution in [2.75, 3.05) is 18.2 Å². The maximum atomic E-state index is 12.2. The van der Waals surface area contributed by atoms with Crippen molar-refractivity contribution >= 4 is 27.3 Å². The van der Waals surface area contributed by atoms with Gasteiger partial charge >= 0.3 is 0 Å². The van der Waals surface area contributed by atoms with Gasteiger partial charge in [-0.15, -0.1) is 0 Å². The average molecular weight is 389 g/mol. The first-order valence-corrected chi connectivity index (χ1v) is 10.2. The Balaban J connectivity index is 1.56. The molecule has 3 rings (SSSR count). The first-order chi connectivity index (χ1) is 12.9. The van der Waals surface area contributed by atoms with Gasteiger partial charge in [0.2, 0.25) is 15.9 Å². The second kappa shape index (κ2) is 7.98. The van der Waals surface area contributed by atoms with Gasteiger partial charge in [-0.2, -0.15) is 0 Å². The van der Waals surface area contributed by atoms with E-state index < -0.39 is 10.0 Å². The van der Waals surface area contributed by atoms with Crippen molar-refractivity contribution in [3.8, 4) is 5.75 Å². The summed E-state index contributed by atoms with van der Waals surface area (Å²) in [6.45, 7) is 0. The Morgan fingerprint density at radius 3 is 2.52 bits per heavy atom. The minimum Gasteiger partial charge on any atom is -0.497 e. The van der Waals surface area contributed by atoms with Gasteiger partial charge in [-0.1, -0.05) is 12.1 Å². The molecule has 0 unspecified atom stereocenters. The molecule has 2 aromatic rings.